The minimum atomic E-state index is -0.317. The van der Waals surface area contributed by atoms with E-state index < -0.39 is 0 Å². The zero-order chi connectivity index (χ0) is 8.43. The smallest absolute Gasteiger partial charge is 0.138 e. The van der Waals surface area contributed by atoms with Gasteiger partial charge < -0.3 is 0 Å². The number of hydrogen-bond donors (Lipinski definition) is 0. The van der Waals surface area contributed by atoms with Gasteiger partial charge in [0, 0.05) is 0 Å². The van der Waals surface area contributed by atoms with Gasteiger partial charge in [-0.15, -0.1) is 0 Å². The van der Waals surface area contributed by atoms with E-state index in [1.165, 1.54) is 6.07 Å². The molecule has 0 saturated heterocycles. The van der Waals surface area contributed by atoms with Crippen molar-refractivity contribution in [3.63, 3.8) is 0 Å². The number of benzene rings is 1. The highest BCUT2D eigenvalue weighted by Crippen LogP contribution is 2.17. The molecule has 0 amide bonds. The van der Waals surface area contributed by atoms with E-state index >= 15 is 0 Å². The van der Waals surface area contributed by atoms with E-state index in [4.69, 9.17) is 5.26 Å². The zero-order valence-corrected chi connectivity index (χ0v) is 8.02. The van der Waals surface area contributed by atoms with Crippen LogP contribution in [0, 0.1) is 27.6 Å². The van der Waals surface area contributed by atoms with E-state index in [0.29, 0.717) is 9.13 Å². The molecule has 56 valence electrons. The molecule has 1 aromatic rings. The standard InChI is InChI=1S/C8H5FIN/c1-5-2-6(4-11)3-7(9)8(5)10/h2-3H,1H3. The molecule has 0 saturated carbocycles. The quantitative estimate of drug-likeness (QED) is 0.658. The van der Waals surface area contributed by atoms with Crippen LogP contribution in [-0.2, 0) is 0 Å². The summed E-state index contributed by atoms with van der Waals surface area (Å²) in [5, 5.41) is 8.46. The Bertz CT molecular complexity index is 304. The fourth-order valence-electron chi connectivity index (χ4n) is 0.791. The van der Waals surface area contributed by atoms with E-state index in [9.17, 15) is 4.39 Å². The highest BCUT2D eigenvalue weighted by Gasteiger charge is 2.03. The first-order valence-corrected chi connectivity index (χ1v) is 4.09. The Morgan fingerprint density at radius 1 is 1.55 bits per heavy atom. The maximum absolute atomic E-state index is 12.9. The van der Waals surface area contributed by atoms with Crippen LogP contribution in [0.2, 0.25) is 0 Å². The van der Waals surface area contributed by atoms with Crippen LogP contribution >= 0.6 is 22.6 Å². The topological polar surface area (TPSA) is 23.8 Å². The van der Waals surface area contributed by atoms with Gasteiger partial charge in [-0.05, 0) is 47.2 Å². The molecular weight excluding hydrogens is 256 g/mol. The van der Waals surface area contributed by atoms with E-state index in [2.05, 4.69) is 0 Å². The second-order valence-corrected chi connectivity index (χ2v) is 3.28. The van der Waals surface area contributed by atoms with Crippen molar-refractivity contribution in [2.24, 2.45) is 0 Å². The Labute approximate surface area is 78.0 Å². The normalized spacial score (nSPS) is 9.27. The van der Waals surface area contributed by atoms with Crippen molar-refractivity contribution in [3.8, 4) is 6.07 Å². The van der Waals surface area contributed by atoms with E-state index in [0.717, 1.165) is 5.56 Å². The molecule has 0 aliphatic carbocycles. The Morgan fingerprint density at radius 2 is 2.18 bits per heavy atom. The number of halogens is 2. The molecule has 11 heavy (non-hydrogen) atoms. The van der Waals surface area contributed by atoms with Crippen molar-refractivity contribution >= 4 is 22.6 Å². The molecule has 0 atom stereocenters. The molecule has 0 aliphatic heterocycles. The van der Waals surface area contributed by atoms with Crippen molar-refractivity contribution in [2.75, 3.05) is 0 Å². The second-order valence-electron chi connectivity index (χ2n) is 2.20. The number of nitrogens with zero attached hydrogens (tertiary/aromatic N) is 1. The average Bonchev–Trinajstić information content (AvgIpc) is 1.99. The summed E-state index contributed by atoms with van der Waals surface area (Å²) >= 11 is 1.92. The number of nitriles is 1. The molecule has 0 aliphatic rings. The van der Waals surface area contributed by atoms with Gasteiger partial charge in [0.25, 0.3) is 0 Å². The van der Waals surface area contributed by atoms with Gasteiger partial charge in [0.05, 0.1) is 15.2 Å². The van der Waals surface area contributed by atoms with E-state index in [1.54, 1.807) is 13.0 Å². The zero-order valence-electron chi connectivity index (χ0n) is 5.86. The fraction of sp³-hybridized carbons (Fsp3) is 0.125. The molecule has 0 radical (unpaired) electrons. The van der Waals surface area contributed by atoms with Gasteiger partial charge in [0.15, 0.2) is 0 Å². The molecule has 1 rings (SSSR count). The van der Waals surface area contributed by atoms with Crippen LogP contribution in [0.15, 0.2) is 12.1 Å². The maximum Gasteiger partial charge on any atom is 0.138 e. The van der Waals surface area contributed by atoms with Crippen LogP contribution in [0.3, 0.4) is 0 Å². The third-order valence-electron chi connectivity index (χ3n) is 1.34. The third kappa shape index (κ3) is 1.69. The van der Waals surface area contributed by atoms with Crippen molar-refractivity contribution in [1.82, 2.24) is 0 Å². The summed E-state index contributed by atoms with van der Waals surface area (Å²) in [4.78, 5) is 0. The van der Waals surface area contributed by atoms with Crippen molar-refractivity contribution in [1.29, 1.82) is 5.26 Å². The SMILES string of the molecule is Cc1cc(C#N)cc(F)c1I. The van der Waals surface area contributed by atoms with Gasteiger partial charge in [-0.1, -0.05) is 0 Å². The van der Waals surface area contributed by atoms with Gasteiger partial charge in [0.1, 0.15) is 5.82 Å². The number of aryl methyl sites for hydroxylation is 1. The van der Waals surface area contributed by atoms with Crippen LogP contribution in [0.4, 0.5) is 4.39 Å². The summed E-state index contributed by atoms with van der Waals surface area (Å²) in [6.07, 6.45) is 0. The minimum absolute atomic E-state index is 0.317. The summed E-state index contributed by atoms with van der Waals surface area (Å²) in [6.45, 7) is 1.78. The van der Waals surface area contributed by atoms with Crippen LogP contribution in [0.1, 0.15) is 11.1 Å². The Balaban J connectivity index is 3.35. The summed E-state index contributed by atoms with van der Waals surface area (Å²) in [5.41, 5.74) is 1.18. The minimum Gasteiger partial charge on any atom is -0.206 e. The predicted octanol–water partition coefficient (Wildman–Crippen LogP) is 2.61. The van der Waals surface area contributed by atoms with Crippen LogP contribution < -0.4 is 0 Å². The molecule has 3 heteroatoms. The fourth-order valence-corrected chi connectivity index (χ4v) is 1.10. The molecule has 1 nitrogen and oxygen atoms in total. The molecule has 0 N–H and O–H groups in total. The van der Waals surface area contributed by atoms with E-state index in [1.807, 2.05) is 28.7 Å². The monoisotopic (exact) mass is 261 g/mol. The average molecular weight is 261 g/mol. The van der Waals surface area contributed by atoms with Gasteiger partial charge in [0.2, 0.25) is 0 Å². The first kappa shape index (κ1) is 8.47. The molecule has 0 fully saturated rings. The van der Waals surface area contributed by atoms with Gasteiger partial charge in [-0.3, -0.25) is 0 Å². The Morgan fingerprint density at radius 3 is 2.64 bits per heavy atom. The van der Waals surface area contributed by atoms with Crippen LogP contribution in [0.5, 0.6) is 0 Å². The second kappa shape index (κ2) is 3.18. The lowest BCUT2D eigenvalue weighted by molar-refractivity contribution is 0.618. The Hall–Kier alpha value is -0.630. The van der Waals surface area contributed by atoms with E-state index in [-0.39, 0.29) is 5.82 Å². The molecule has 1 aromatic carbocycles. The summed E-state index contributed by atoms with van der Waals surface area (Å²) in [7, 11) is 0. The van der Waals surface area contributed by atoms with Crippen LogP contribution in [-0.4, -0.2) is 0 Å². The van der Waals surface area contributed by atoms with Gasteiger partial charge in [-0.2, -0.15) is 5.26 Å². The molecule has 0 aromatic heterocycles. The molecule has 0 heterocycles. The van der Waals surface area contributed by atoms with Crippen molar-refractivity contribution in [3.05, 3.63) is 32.6 Å². The maximum atomic E-state index is 12.9. The number of hydrogen-bond acceptors (Lipinski definition) is 1. The summed E-state index contributed by atoms with van der Waals surface area (Å²) < 4.78 is 13.5. The largest absolute Gasteiger partial charge is 0.206 e. The molecule has 0 unspecified atom stereocenters. The first-order valence-electron chi connectivity index (χ1n) is 3.01. The van der Waals surface area contributed by atoms with Gasteiger partial charge in [-0.25, -0.2) is 4.39 Å². The highest BCUT2D eigenvalue weighted by atomic mass is 127. The lowest BCUT2D eigenvalue weighted by Gasteiger charge is -1.98. The Kier molecular flexibility index (Phi) is 2.45. The lowest BCUT2D eigenvalue weighted by Crippen LogP contribution is -1.88. The number of rotatable bonds is 0. The highest BCUT2D eigenvalue weighted by molar-refractivity contribution is 14.1. The molecular formula is C8H5FIN. The molecule has 0 bridgehead atoms. The van der Waals surface area contributed by atoms with Crippen molar-refractivity contribution < 1.29 is 4.39 Å². The van der Waals surface area contributed by atoms with Gasteiger partial charge >= 0.3 is 0 Å². The third-order valence-corrected chi connectivity index (χ3v) is 2.71. The van der Waals surface area contributed by atoms with Crippen molar-refractivity contribution in [2.45, 2.75) is 6.92 Å². The first-order chi connectivity index (χ1) is 5.15. The summed E-state index contributed by atoms with van der Waals surface area (Å²) in [5.74, 6) is -0.317. The predicted molar refractivity (Wildman–Crippen MR) is 48.6 cm³/mol. The van der Waals surface area contributed by atoms with Crippen LogP contribution in [0.25, 0.3) is 0 Å². The summed E-state index contributed by atoms with van der Waals surface area (Å²) in [6, 6.07) is 4.81. The molecule has 0 spiro atoms. The lowest BCUT2D eigenvalue weighted by atomic mass is 10.1.